The summed E-state index contributed by atoms with van der Waals surface area (Å²) >= 11 is 0. The first kappa shape index (κ1) is 21.9. The SMILES string of the molecule is CCCn1c(=O)oc2cc(NC(=O)CN3C[C@H]4CCC[C@H](Cc5cccnc5)[C@H]4C3)ccc21. The van der Waals surface area contributed by atoms with Gasteiger partial charge in [0.1, 0.15) is 0 Å². The highest BCUT2D eigenvalue weighted by molar-refractivity contribution is 5.94. The number of rotatable bonds is 7. The van der Waals surface area contributed by atoms with Gasteiger partial charge in [-0.15, -0.1) is 0 Å². The minimum Gasteiger partial charge on any atom is -0.408 e. The molecule has 2 fully saturated rings. The van der Waals surface area contributed by atoms with Crippen LogP contribution in [0, 0.1) is 17.8 Å². The molecule has 3 heterocycles. The van der Waals surface area contributed by atoms with Gasteiger partial charge in [0.2, 0.25) is 5.91 Å². The van der Waals surface area contributed by atoms with E-state index < -0.39 is 0 Å². The highest BCUT2D eigenvalue weighted by Gasteiger charge is 2.40. The van der Waals surface area contributed by atoms with E-state index in [4.69, 9.17) is 4.42 Å². The van der Waals surface area contributed by atoms with Crippen LogP contribution in [0.25, 0.3) is 11.1 Å². The van der Waals surface area contributed by atoms with Crippen molar-refractivity contribution in [2.24, 2.45) is 17.8 Å². The number of benzene rings is 1. The van der Waals surface area contributed by atoms with E-state index in [1.807, 2.05) is 37.5 Å². The summed E-state index contributed by atoms with van der Waals surface area (Å²) in [4.78, 5) is 31.4. The Hall–Kier alpha value is -2.93. The number of hydrogen-bond donors (Lipinski definition) is 1. The molecule has 7 nitrogen and oxygen atoms in total. The molecular weight excluding hydrogens is 416 g/mol. The highest BCUT2D eigenvalue weighted by atomic mass is 16.4. The highest BCUT2D eigenvalue weighted by Crippen LogP contribution is 2.41. The van der Waals surface area contributed by atoms with Crippen LogP contribution in [-0.4, -0.2) is 40.0 Å². The molecular formula is C26H32N4O3. The van der Waals surface area contributed by atoms with Crippen LogP contribution < -0.4 is 11.1 Å². The molecule has 3 aromatic rings. The van der Waals surface area contributed by atoms with Gasteiger partial charge in [0.15, 0.2) is 5.58 Å². The van der Waals surface area contributed by atoms with Crippen molar-refractivity contribution in [1.82, 2.24) is 14.5 Å². The molecule has 5 rings (SSSR count). The van der Waals surface area contributed by atoms with Crippen LogP contribution in [0.5, 0.6) is 0 Å². The van der Waals surface area contributed by atoms with Crippen LogP contribution in [0.3, 0.4) is 0 Å². The number of oxazole rings is 1. The first-order valence-electron chi connectivity index (χ1n) is 12.1. The summed E-state index contributed by atoms with van der Waals surface area (Å²) in [5.41, 5.74) is 3.25. The third-order valence-corrected chi connectivity index (χ3v) is 7.31. The van der Waals surface area contributed by atoms with Gasteiger partial charge in [0, 0.05) is 43.8 Å². The summed E-state index contributed by atoms with van der Waals surface area (Å²) < 4.78 is 7.01. The van der Waals surface area contributed by atoms with E-state index in [-0.39, 0.29) is 11.7 Å². The average Bonchev–Trinajstić information content (AvgIpc) is 3.35. The zero-order valence-corrected chi connectivity index (χ0v) is 19.2. The molecule has 1 saturated carbocycles. The Kier molecular flexibility index (Phi) is 6.31. The second kappa shape index (κ2) is 9.51. The summed E-state index contributed by atoms with van der Waals surface area (Å²) in [5.74, 6) is 1.62. The first-order valence-corrected chi connectivity index (χ1v) is 12.1. The Balaban J connectivity index is 1.20. The lowest BCUT2D eigenvalue weighted by molar-refractivity contribution is -0.117. The molecule has 33 heavy (non-hydrogen) atoms. The van der Waals surface area contributed by atoms with Crippen LogP contribution >= 0.6 is 0 Å². The average molecular weight is 449 g/mol. The molecule has 174 valence electrons. The fraction of sp³-hybridized carbons (Fsp3) is 0.500. The first-order chi connectivity index (χ1) is 16.1. The van der Waals surface area contributed by atoms with Crippen LogP contribution in [0.15, 0.2) is 51.9 Å². The molecule has 0 bridgehead atoms. The number of aryl methyl sites for hydroxylation is 1. The van der Waals surface area contributed by atoms with Gasteiger partial charge in [-0.05, 0) is 67.2 Å². The van der Waals surface area contributed by atoms with Crippen molar-refractivity contribution in [3.63, 3.8) is 0 Å². The number of amides is 1. The lowest BCUT2D eigenvalue weighted by Crippen LogP contribution is -2.32. The Morgan fingerprint density at radius 2 is 2.15 bits per heavy atom. The Labute approximate surface area is 193 Å². The lowest BCUT2D eigenvalue weighted by Gasteiger charge is -2.33. The molecule has 1 aliphatic heterocycles. The van der Waals surface area contributed by atoms with Crippen molar-refractivity contribution in [2.75, 3.05) is 25.0 Å². The molecule has 2 aromatic heterocycles. The predicted octanol–water partition coefficient (Wildman–Crippen LogP) is 3.93. The molecule has 1 aromatic carbocycles. The zero-order chi connectivity index (χ0) is 22.8. The fourth-order valence-corrected chi connectivity index (χ4v) is 5.87. The number of pyridine rings is 1. The number of carbonyl (C=O) groups is 1. The van der Waals surface area contributed by atoms with Gasteiger partial charge in [0.25, 0.3) is 0 Å². The largest absolute Gasteiger partial charge is 0.419 e. The summed E-state index contributed by atoms with van der Waals surface area (Å²) in [6, 6.07) is 9.62. The third kappa shape index (κ3) is 4.74. The summed E-state index contributed by atoms with van der Waals surface area (Å²) in [6.45, 7) is 5.02. The topological polar surface area (TPSA) is 80.4 Å². The maximum absolute atomic E-state index is 12.8. The van der Waals surface area contributed by atoms with Gasteiger partial charge in [-0.2, -0.15) is 0 Å². The summed E-state index contributed by atoms with van der Waals surface area (Å²) in [7, 11) is 0. The molecule has 1 N–H and O–H groups in total. The Morgan fingerprint density at radius 3 is 2.97 bits per heavy atom. The number of anilines is 1. The van der Waals surface area contributed by atoms with Gasteiger partial charge in [-0.25, -0.2) is 4.79 Å². The van der Waals surface area contributed by atoms with E-state index >= 15 is 0 Å². The summed E-state index contributed by atoms with van der Waals surface area (Å²) in [5, 5.41) is 2.99. The van der Waals surface area contributed by atoms with Gasteiger partial charge in [-0.1, -0.05) is 19.4 Å². The van der Waals surface area contributed by atoms with E-state index in [1.165, 1.54) is 24.8 Å². The number of carbonyl (C=O) groups excluding carboxylic acids is 1. The molecule has 1 amide bonds. The molecule has 0 spiro atoms. The standard InChI is InChI=1S/C26H32N4O3/c1-2-11-30-23-9-8-21(13-24(23)33-26(30)32)28-25(31)17-29-15-20-7-3-6-19(22(20)16-29)12-18-5-4-10-27-14-18/h4-5,8-10,13-14,19-20,22H,2-3,6-7,11-12,15-17H2,1H3,(H,28,31)/t19-,20-,22-/m1/s1. The van der Waals surface area contributed by atoms with Crippen molar-refractivity contribution < 1.29 is 9.21 Å². The number of nitrogens with one attached hydrogen (secondary N) is 1. The maximum atomic E-state index is 12.8. The molecule has 0 radical (unpaired) electrons. The summed E-state index contributed by atoms with van der Waals surface area (Å²) in [6.07, 6.45) is 9.55. The van der Waals surface area contributed by atoms with Crippen molar-refractivity contribution in [3.05, 3.63) is 58.8 Å². The normalized spacial score (nSPS) is 23.0. The molecule has 2 aliphatic rings. The van der Waals surface area contributed by atoms with E-state index in [0.717, 1.165) is 31.4 Å². The van der Waals surface area contributed by atoms with Gasteiger partial charge in [0.05, 0.1) is 12.1 Å². The Bertz CT molecular complexity index is 1170. The quantitative estimate of drug-likeness (QED) is 0.592. The van der Waals surface area contributed by atoms with Crippen molar-refractivity contribution in [1.29, 1.82) is 0 Å². The van der Waals surface area contributed by atoms with Crippen LogP contribution in [0.2, 0.25) is 0 Å². The number of likely N-dealkylation sites (tertiary alicyclic amines) is 1. The molecule has 0 unspecified atom stereocenters. The van der Waals surface area contributed by atoms with Crippen LogP contribution in [-0.2, 0) is 17.8 Å². The molecule has 7 heteroatoms. The predicted molar refractivity (Wildman–Crippen MR) is 128 cm³/mol. The van der Waals surface area contributed by atoms with E-state index in [0.29, 0.717) is 42.1 Å². The zero-order valence-electron chi connectivity index (χ0n) is 19.2. The van der Waals surface area contributed by atoms with Crippen molar-refractivity contribution in [2.45, 2.75) is 45.6 Å². The van der Waals surface area contributed by atoms with Crippen molar-refractivity contribution in [3.8, 4) is 0 Å². The number of fused-ring (bicyclic) bond motifs is 2. The fourth-order valence-electron chi connectivity index (χ4n) is 5.87. The molecule has 1 saturated heterocycles. The van der Waals surface area contributed by atoms with Gasteiger partial charge in [-0.3, -0.25) is 19.2 Å². The molecule has 3 atom stereocenters. The minimum absolute atomic E-state index is 0.0212. The smallest absolute Gasteiger partial charge is 0.408 e. The lowest BCUT2D eigenvalue weighted by atomic mass is 9.72. The van der Waals surface area contributed by atoms with Gasteiger partial charge >= 0.3 is 5.76 Å². The van der Waals surface area contributed by atoms with Gasteiger partial charge < -0.3 is 9.73 Å². The van der Waals surface area contributed by atoms with E-state index in [2.05, 4.69) is 21.3 Å². The third-order valence-electron chi connectivity index (χ3n) is 7.31. The molecule has 1 aliphatic carbocycles. The monoisotopic (exact) mass is 448 g/mol. The van der Waals surface area contributed by atoms with E-state index in [9.17, 15) is 9.59 Å². The van der Waals surface area contributed by atoms with Crippen LogP contribution in [0.4, 0.5) is 5.69 Å². The second-order valence-corrected chi connectivity index (χ2v) is 9.62. The Morgan fingerprint density at radius 1 is 1.24 bits per heavy atom. The minimum atomic E-state index is -0.351. The van der Waals surface area contributed by atoms with Crippen molar-refractivity contribution >= 4 is 22.7 Å². The van der Waals surface area contributed by atoms with Crippen LogP contribution in [0.1, 0.15) is 38.2 Å². The van der Waals surface area contributed by atoms with E-state index in [1.54, 1.807) is 10.6 Å². The number of hydrogen-bond acceptors (Lipinski definition) is 5. The number of aromatic nitrogens is 2. The second-order valence-electron chi connectivity index (χ2n) is 9.62. The number of nitrogens with zero attached hydrogens (tertiary/aromatic N) is 3. The maximum Gasteiger partial charge on any atom is 0.419 e.